The van der Waals surface area contributed by atoms with E-state index in [1.54, 1.807) is 13.2 Å². The molecule has 2 N–H and O–H groups in total. The molecule has 0 aliphatic carbocycles. The van der Waals surface area contributed by atoms with Gasteiger partial charge in [0.15, 0.2) is 0 Å². The molecule has 3 fully saturated rings. The molecule has 3 saturated heterocycles. The van der Waals surface area contributed by atoms with E-state index in [4.69, 9.17) is 70.6 Å². The zero-order valence-corrected chi connectivity index (χ0v) is 53.5. The number of esters is 4. The number of benzene rings is 2. The first-order valence-corrected chi connectivity index (χ1v) is 31.3. The number of ether oxygens (including phenoxy) is 10. The fourth-order valence-corrected chi connectivity index (χ4v) is 12.1. The van der Waals surface area contributed by atoms with Crippen LogP contribution in [0.2, 0.25) is 10.0 Å². The number of rotatable bonds is 29. The van der Waals surface area contributed by atoms with E-state index >= 15 is 0 Å². The largest absolute Gasteiger partial charge is 0.494 e. The summed E-state index contributed by atoms with van der Waals surface area (Å²) >= 11 is 13.6. The van der Waals surface area contributed by atoms with Crippen molar-refractivity contribution in [3.05, 3.63) is 97.6 Å². The van der Waals surface area contributed by atoms with Crippen LogP contribution < -0.4 is 20.1 Å². The molecule has 2 aromatic carbocycles. The molecule has 0 amide bonds. The molecule has 0 bridgehead atoms. The maximum absolute atomic E-state index is 13.7. The first-order valence-electron chi connectivity index (χ1n) is 29.6. The zero-order valence-electron chi connectivity index (χ0n) is 51.2. The molecule has 85 heavy (non-hydrogen) atoms. The van der Waals surface area contributed by atoms with E-state index in [0.717, 1.165) is 62.8 Å². The second-order valence-corrected chi connectivity index (χ2v) is 23.7. The number of unbranched alkanes of at least 4 members (excludes halogenated alkanes) is 1. The molecule has 0 spiro atoms. The number of methoxy groups -OCH3 is 1. The summed E-state index contributed by atoms with van der Waals surface area (Å²) in [4.78, 5) is 63.5. The fourth-order valence-electron chi connectivity index (χ4n) is 10.7. The second kappa shape index (κ2) is 36.4. The van der Waals surface area contributed by atoms with Gasteiger partial charge >= 0.3 is 23.9 Å². The summed E-state index contributed by atoms with van der Waals surface area (Å²) < 4.78 is 56.6. The minimum absolute atomic E-state index is 0.0645. The van der Waals surface area contributed by atoms with Crippen LogP contribution in [0.4, 0.5) is 0 Å². The number of nitrogens with one attached hydrogen (secondary N) is 2. The Hall–Kier alpha value is -4.91. The summed E-state index contributed by atoms with van der Waals surface area (Å²) in [5.74, 6) is -0.807. The molecule has 3 unspecified atom stereocenters. The molecule has 0 saturated carbocycles. The maximum Gasteiger partial charge on any atom is 0.336 e. The van der Waals surface area contributed by atoms with Gasteiger partial charge in [-0.1, -0.05) is 50.4 Å². The number of carbonyl (C=O) groups is 4. The van der Waals surface area contributed by atoms with E-state index in [0.29, 0.717) is 152 Å². The van der Waals surface area contributed by atoms with Crippen molar-refractivity contribution in [1.29, 1.82) is 0 Å². The van der Waals surface area contributed by atoms with E-state index in [9.17, 15) is 19.2 Å². The third-order valence-corrected chi connectivity index (χ3v) is 16.4. The molecule has 5 aliphatic heterocycles. The van der Waals surface area contributed by atoms with Gasteiger partial charge in [0, 0.05) is 134 Å². The van der Waals surface area contributed by atoms with Crippen LogP contribution in [0.25, 0.3) is 0 Å². The lowest BCUT2D eigenvalue weighted by atomic mass is 9.87. The topological polar surface area (TPSA) is 198 Å². The number of dihydropyridines is 2. The van der Waals surface area contributed by atoms with E-state index < -0.39 is 35.7 Å². The van der Waals surface area contributed by atoms with E-state index in [-0.39, 0.29) is 32.0 Å². The maximum atomic E-state index is 13.7. The van der Waals surface area contributed by atoms with Crippen LogP contribution in [0.1, 0.15) is 61.3 Å². The molecule has 5 heterocycles. The number of likely N-dealkylation sites (N-methyl/N-ethyl adjacent to an activating group) is 1. The Labute approximate surface area is 517 Å². The molecule has 0 aromatic heterocycles. The van der Waals surface area contributed by atoms with Crippen molar-refractivity contribution < 1.29 is 66.5 Å². The van der Waals surface area contributed by atoms with Crippen LogP contribution in [0.5, 0.6) is 11.5 Å². The number of hydrogen-bond donors (Lipinski definition) is 2. The van der Waals surface area contributed by atoms with E-state index in [1.807, 2.05) is 85.0 Å². The Balaban J connectivity index is 0.000000273. The van der Waals surface area contributed by atoms with Crippen molar-refractivity contribution in [3.8, 4) is 11.5 Å². The SMILES string of the molecule is CC1=C(C(=O)OCCSc2cc(Cl)cc(Cl)c2)C(C)C(C(=O)OC(CN2CCOCC2)CN2CCOCC2)=C(C)N1.CCCCOc1ccc(OCCOC(=O)C2=C(C)NC(C)=C(C(=O)OC(CN(C)CCOC)CN3CCOCC3)C2C)cc1. The van der Waals surface area contributed by atoms with Crippen molar-refractivity contribution in [2.45, 2.75) is 78.4 Å². The number of halogens is 2. The Morgan fingerprint density at radius 1 is 0.600 bits per heavy atom. The van der Waals surface area contributed by atoms with Gasteiger partial charge in [-0.25, -0.2) is 19.2 Å². The fraction of sp³-hybridized carbons (Fsp3) is 0.613. The lowest BCUT2D eigenvalue weighted by Gasteiger charge is -2.35. The lowest BCUT2D eigenvalue weighted by Crippen LogP contribution is -2.48. The Bertz CT molecular complexity index is 2580. The van der Waals surface area contributed by atoms with Crippen LogP contribution in [0.15, 0.2) is 92.4 Å². The summed E-state index contributed by atoms with van der Waals surface area (Å²) in [6.45, 7) is 26.7. The predicted molar refractivity (Wildman–Crippen MR) is 328 cm³/mol. The molecule has 0 radical (unpaired) electrons. The van der Waals surface area contributed by atoms with Gasteiger partial charge in [0.2, 0.25) is 0 Å². The van der Waals surface area contributed by atoms with Crippen molar-refractivity contribution >= 4 is 58.8 Å². The van der Waals surface area contributed by atoms with Crippen LogP contribution in [-0.2, 0) is 57.1 Å². The highest BCUT2D eigenvalue weighted by Crippen LogP contribution is 2.34. The minimum Gasteiger partial charge on any atom is -0.494 e. The third-order valence-electron chi connectivity index (χ3n) is 15.0. The second-order valence-electron chi connectivity index (χ2n) is 21.6. The van der Waals surface area contributed by atoms with Crippen LogP contribution >= 0.6 is 35.0 Å². The smallest absolute Gasteiger partial charge is 0.336 e. The van der Waals surface area contributed by atoms with Gasteiger partial charge in [0.05, 0.1) is 75.1 Å². The molecule has 5 aliphatic rings. The first kappa shape index (κ1) is 69.2. The van der Waals surface area contributed by atoms with Crippen molar-refractivity contribution in [2.24, 2.45) is 11.8 Å². The van der Waals surface area contributed by atoms with Gasteiger partial charge in [-0.15, -0.1) is 11.8 Å². The molecule has 23 heteroatoms. The number of morpholine rings is 3. The predicted octanol–water partition coefficient (Wildman–Crippen LogP) is 7.39. The average Bonchev–Trinajstić information content (AvgIpc) is 1.89. The van der Waals surface area contributed by atoms with Gasteiger partial charge < -0.3 is 62.9 Å². The van der Waals surface area contributed by atoms with E-state index in [2.05, 4.69) is 37.2 Å². The summed E-state index contributed by atoms with van der Waals surface area (Å²) in [5, 5.41) is 7.51. The van der Waals surface area contributed by atoms with Gasteiger partial charge in [-0.2, -0.15) is 0 Å². The quantitative estimate of drug-likeness (QED) is 0.0354. The summed E-state index contributed by atoms with van der Waals surface area (Å²) in [6.07, 6.45) is 1.39. The van der Waals surface area contributed by atoms with Gasteiger partial charge in [0.1, 0.15) is 43.5 Å². The van der Waals surface area contributed by atoms with Crippen LogP contribution in [0.3, 0.4) is 0 Å². The van der Waals surface area contributed by atoms with Crippen molar-refractivity contribution in [2.75, 3.05) is 165 Å². The summed E-state index contributed by atoms with van der Waals surface area (Å²) in [6, 6.07) is 12.7. The third kappa shape index (κ3) is 22.6. The van der Waals surface area contributed by atoms with Gasteiger partial charge in [-0.05, 0) is 83.6 Å². The molecular formula is C62H90Cl2N6O14S. The number of allylic oxidation sites excluding steroid dienone is 4. The highest BCUT2D eigenvalue weighted by molar-refractivity contribution is 7.99. The zero-order chi connectivity index (χ0) is 61.3. The first-order chi connectivity index (χ1) is 40.9. The van der Waals surface area contributed by atoms with Crippen molar-refractivity contribution in [1.82, 2.24) is 30.2 Å². The normalized spacial score (nSPS) is 19.4. The molecule has 472 valence electrons. The van der Waals surface area contributed by atoms with Crippen LogP contribution in [0, 0.1) is 11.8 Å². The summed E-state index contributed by atoms with van der Waals surface area (Å²) in [7, 11) is 3.65. The average molecular weight is 1250 g/mol. The molecular weight excluding hydrogens is 1160 g/mol. The highest BCUT2D eigenvalue weighted by Gasteiger charge is 2.37. The number of carbonyl (C=O) groups excluding carboxylic acids is 4. The number of thioether (sulfide) groups is 1. The molecule has 7 rings (SSSR count). The highest BCUT2D eigenvalue weighted by atomic mass is 35.5. The van der Waals surface area contributed by atoms with Gasteiger partial charge in [-0.3, -0.25) is 14.7 Å². The van der Waals surface area contributed by atoms with Gasteiger partial charge in [0.25, 0.3) is 0 Å². The monoisotopic (exact) mass is 1240 g/mol. The number of hydrogen-bond acceptors (Lipinski definition) is 21. The molecule has 20 nitrogen and oxygen atoms in total. The number of nitrogens with zero attached hydrogens (tertiary/aromatic N) is 4. The lowest BCUT2D eigenvalue weighted by molar-refractivity contribution is -0.149. The molecule has 2 aromatic rings. The minimum atomic E-state index is -0.507. The van der Waals surface area contributed by atoms with Crippen molar-refractivity contribution in [3.63, 3.8) is 0 Å². The standard InChI is InChI=1S/C33H51N3O8.C29H39Cl2N3O6S/c1-7-8-16-41-27-9-11-28(12-10-27)42-20-21-43-32(37)30-24(2)31(26(4)34-25(30)3)33(38)44-29(22-35(5)13-17-39-6)23-36-14-18-40-19-15-36;1-19-26(28(35)39-12-13-41-25-15-22(30)14-23(31)16-25)20(2)32-21(3)27(19)29(36)40-24(17-33-4-8-37-9-5-33)18-34-6-10-38-11-7-34/h9-12,24,29,34H,7-8,13-23H2,1-6H3;14-16,19,24,32H,4-13,17-18H2,1-3H3. The Morgan fingerprint density at radius 3 is 1.46 bits per heavy atom. The van der Waals surface area contributed by atoms with E-state index in [1.165, 1.54) is 11.8 Å². The Kier molecular flexibility index (Phi) is 29.6. The molecule has 3 atom stereocenters. The van der Waals surface area contributed by atoms with Crippen LogP contribution in [-0.4, -0.2) is 220 Å². The Morgan fingerprint density at radius 2 is 1.01 bits per heavy atom. The summed E-state index contributed by atoms with van der Waals surface area (Å²) in [5.41, 5.74) is 4.37.